The molecule has 2 aliphatic heterocycles. The van der Waals surface area contributed by atoms with Gasteiger partial charge in [0.15, 0.2) is 0 Å². The molecule has 1 N–H and O–H groups in total. The van der Waals surface area contributed by atoms with E-state index in [2.05, 4.69) is 10.4 Å². The van der Waals surface area contributed by atoms with Gasteiger partial charge < -0.3 is 15.1 Å². The molecule has 9 heteroatoms. The third-order valence-electron chi connectivity index (χ3n) is 5.45. The molecule has 2 fully saturated rings. The van der Waals surface area contributed by atoms with Crippen LogP contribution in [0.5, 0.6) is 0 Å². The fraction of sp³-hybridized carbons (Fsp3) is 0.450. The van der Waals surface area contributed by atoms with Gasteiger partial charge in [-0.3, -0.25) is 9.59 Å². The Bertz CT molecular complexity index is 872. The SMILES string of the molecule is CN(Cc1cnn(-c2ccc(F)cc2)c1)C(=O)CN1C[C@@H]2CC[C@H](CC1=O)N2.Cl. The molecule has 0 spiro atoms. The monoisotopic (exact) mass is 421 g/mol. The normalized spacial score (nSPS) is 20.9. The number of carbonyl (C=O) groups is 2. The van der Waals surface area contributed by atoms with E-state index in [0.29, 0.717) is 25.6 Å². The molecule has 2 saturated heterocycles. The third-order valence-corrected chi connectivity index (χ3v) is 5.45. The van der Waals surface area contributed by atoms with Gasteiger partial charge in [-0.15, -0.1) is 12.4 Å². The van der Waals surface area contributed by atoms with Crippen molar-refractivity contribution in [1.82, 2.24) is 24.9 Å². The van der Waals surface area contributed by atoms with E-state index in [1.165, 1.54) is 12.1 Å². The number of likely N-dealkylation sites (tertiary alicyclic amines) is 1. The Morgan fingerprint density at radius 1 is 1.28 bits per heavy atom. The van der Waals surface area contributed by atoms with E-state index < -0.39 is 0 Å². The van der Waals surface area contributed by atoms with Crippen molar-refractivity contribution in [1.29, 1.82) is 0 Å². The summed E-state index contributed by atoms with van der Waals surface area (Å²) in [5.74, 6) is -0.348. The number of hydrogen-bond acceptors (Lipinski definition) is 4. The van der Waals surface area contributed by atoms with Crippen molar-refractivity contribution < 1.29 is 14.0 Å². The van der Waals surface area contributed by atoms with E-state index in [0.717, 1.165) is 24.1 Å². The van der Waals surface area contributed by atoms with Crippen LogP contribution in [0.15, 0.2) is 36.7 Å². The van der Waals surface area contributed by atoms with Gasteiger partial charge in [-0.2, -0.15) is 5.10 Å². The van der Waals surface area contributed by atoms with E-state index >= 15 is 0 Å². The third kappa shape index (κ3) is 4.94. The van der Waals surface area contributed by atoms with Crippen LogP contribution in [-0.4, -0.2) is 63.6 Å². The number of nitrogens with zero attached hydrogens (tertiary/aromatic N) is 4. The van der Waals surface area contributed by atoms with Crippen LogP contribution in [0.4, 0.5) is 4.39 Å². The average Bonchev–Trinajstić information content (AvgIpc) is 3.27. The van der Waals surface area contributed by atoms with Gasteiger partial charge in [0.1, 0.15) is 5.82 Å². The summed E-state index contributed by atoms with van der Waals surface area (Å²) in [6.45, 7) is 1.09. The van der Waals surface area contributed by atoms with Gasteiger partial charge in [0.05, 0.1) is 18.4 Å². The van der Waals surface area contributed by atoms with Crippen LogP contribution in [0.2, 0.25) is 0 Å². The number of benzene rings is 1. The highest BCUT2D eigenvalue weighted by Crippen LogP contribution is 2.21. The number of aromatic nitrogens is 2. The minimum Gasteiger partial charge on any atom is -0.340 e. The standard InChI is InChI=1S/C20H24FN5O2.ClH/c1-24(10-14-9-22-26(11-14)18-6-2-15(21)3-7-18)20(28)13-25-12-17-5-4-16(23-17)8-19(25)27;/h2-3,6-7,9,11,16-17,23H,4-5,8,10,12-13H2,1H3;1H/t16-,17+;/m1./s1. The maximum atomic E-state index is 13.1. The lowest BCUT2D eigenvalue weighted by molar-refractivity contribution is -0.140. The number of amides is 2. The Balaban J connectivity index is 0.00000240. The molecule has 156 valence electrons. The van der Waals surface area contributed by atoms with Crippen LogP contribution in [0.25, 0.3) is 5.69 Å². The van der Waals surface area contributed by atoms with Crippen LogP contribution in [0, 0.1) is 5.82 Å². The molecule has 29 heavy (non-hydrogen) atoms. The maximum Gasteiger partial charge on any atom is 0.242 e. The molecular weight excluding hydrogens is 397 g/mol. The Hall–Kier alpha value is -2.45. The lowest BCUT2D eigenvalue weighted by Crippen LogP contribution is -2.44. The number of hydrogen-bond donors (Lipinski definition) is 1. The second kappa shape index (κ2) is 8.92. The van der Waals surface area contributed by atoms with Gasteiger partial charge in [-0.05, 0) is 37.1 Å². The lowest BCUT2D eigenvalue weighted by Gasteiger charge is -2.26. The smallest absolute Gasteiger partial charge is 0.242 e. The molecule has 0 unspecified atom stereocenters. The lowest BCUT2D eigenvalue weighted by atomic mass is 10.1. The fourth-order valence-corrected chi connectivity index (χ4v) is 3.89. The first-order valence-electron chi connectivity index (χ1n) is 9.55. The van der Waals surface area contributed by atoms with Crippen molar-refractivity contribution in [2.45, 2.75) is 37.9 Å². The molecule has 1 aromatic carbocycles. The molecule has 2 amide bonds. The van der Waals surface area contributed by atoms with E-state index in [9.17, 15) is 14.0 Å². The predicted molar refractivity (Wildman–Crippen MR) is 108 cm³/mol. The summed E-state index contributed by atoms with van der Waals surface area (Å²) in [6.07, 6.45) is 6.07. The molecule has 2 atom stereocenters. The second-order valence-corrected chi connectivity index (χ2v) is 7.64. The zero-order chi connectivity index (χ0) is 19.7. The van der Waals surface area contributed by atoms with Gasteiger partial charge in [0.2, 0.25) is 11.8 Å². The van der Waals surface area contributed by atoms with E-state index in [-0.39, 0.29) is 42.6 Å². The van der Waals surface area contributed by atoms with E-state index in [1.807, 2.05) is 6.20 Å². The highest BCUT2D eigenvalue weighted by molar-refractivity contribution is 5.85. The Morgan fingerprint density at radius 2 is 2.00 bits per heavy atom. The molecule has 2 bridgehead atoms. The van der Waals surface area contributed by atoms with Gasteiger partial charge in [-0.25, -0.2) is 9.07 Å². The van der Waals surface area contributed by atoms with E-state index in [4.69, 9.17) is 0 Å². The quantitative estimate of drug-likeness (QED) is 0.798. The number of nitrogens with one attached hydrogen (secondary N) is 1. The molecule has 0 radical (unpaired) electrons. The molecule has 3 heterocycles. The number of rotatable bonds is 5. The van der Waals surface area contributed by atoms with Crippen LogP contribution in [-0.2, 0) is 16.1 Å². The molecule has 2 aromatic rings. The zero-order valence-electron chi connectivity index (χ0n) is 16.3. The van der Waals surface area contributed by atoms with Crippen molar-refractivity contribution in [2.24, 2.45) is 0 Å². The Labute approximate surface area is 175 Å². The van der Waals surface area contributed by atoms with Crippen molar-refractivity contribution in [3.05, 3.63) is 48.0 Å². The zero-order valence-corrected chi connectivity index (χ0v) is 17.1. The van der Waals surface area contributed by atoms with Crippen LogP contribution in [0.3, 0.4) is 0 Å². The Morgan fingerprint density at radius 3 is 2.76 bits per heavy atom. The highest BCUT2D eigenvalue weighted by Gasteiger charge is 2.34. The maximum absolute atomic E-state index is 13.1. The van der Waals surface area contributed by atoms with Gasteiger partial charge in [0, 0.05) is 50.4 Å². The van der Waals surface area contributed by atoms with Gasteiger partial charge in [0.25, 0.3) is 0 Å². The Kier molecular flexibility index (Phi) is 6.54. The molecule has 2 aliphatic rings. The molecule has 0 aliphatic carbocycles. The molecule has 1 aromatic heterocycles. The first-order valence-corrected chi connectivity index (χ1v) is 9.55. The van der Waals surface area contributed by atoms with Crippen molar-refractivity contribution in [3.63, 3.8) is 0 Å². The summed E-state index contributed by atoms with van der Waals surface area (Å²) in [5, 5.41) is 7.73. The van der Waals surface area contributed by atoms with Crippen LogP contribution in [0.1, 0.15) is 24.8 Å². The number of likely N-dealkylation sites (N-methyl/N-ethyl adjacent to an activating group) is 1. The number of carbonyl (C=O) groups excluding carboxylic acids is 2. The summed E-state index contributed by atoms with van der Waals surface area (Å²) in [5.41, 5.74) is 1.61. The highest BCUT2D eigenvalue weighted by atomic mass is 35.5. The minimum absolute atomic E-state index is 0. The minimum atomic E-state index is -0.298. The predicted octanol–water partition coefficient (Wildman–Crippen LogP) is 1.74. The molecule has 7 nitrogen and oxygen atoms in total. The number of fused-ring (bicyclic) bond motifs is 2. The molecular formula is C20H25ClFN5O2. The first-order chi connectivity index (χ1) is 13.5. The van der Waals surface area contributed by atoms with Crippen molar-refractivity contribution >= 4 is 24.2 Å². The van der Waals surface area contributed by atoms with Crippen LogP contribution >= 0.6 is 12.4 Å². The fourth-order valence-electron chi connectivity index (χ4n) is 3.89. The largest absolute Gasteiger partial charge is 0.340 e. The molecule has 4 rings (SSSR count). The van der Waals surface area contributed by atoms with Crippen molar-refractivity contribution in [3.8, 4) is 5.69 Å². The average molecular weight is 422 g/mol. The second-order valence-electron chi connectivity index (χ2n) is 7.64. The van der Waals surface area contributed by atoms with Gasteiger partial charge >= 0.3 is 0 Å². The topological polar surface area (TPSA) is 70.5 Å². The summed E-state index contributed by atoms with van der Waals surface area (Å²) >= 11 is 0. The molecule has 0 saturated carbocycles. The summed E-state index contributed by atoms with van der Waals surface area (Å²) < 4.78 is 14.7. The number of halogens is 2. The van der Waals surface area contributed by atoms with E-state index in [1.54, 1.807) is 39.9 Å². The summed E-state index contributed by atoms with van der Waals surface area (Å²) in [7, 11) is 1.73. The first kappa shape index (κ1) is 21.3. The van der Waals surface area contributed by atoms with Gasteiger partial charge in [-0.1, -0.05) is 0 Å². The summed E-state index contributed by atoms with van der Waals surface area (Å²) in [6, 6.07) is 6.61. The van der Waals surface area contributed by atoms with Crippen LogP contribution < -0.4 is 5.32 Å². The van der Waals surface area contributed by atoms with Crippen molar-refractivity contribution in [2.75, 3.05) is 20.1 Å². The summed E-state index contributed by atoms with van der Waals surface area (Å²) in [4.78, 5) is 28.3.